The number of hydrogen-bond acceptors (Lipinski definition) is 2. The molecule has 0 heterocycles. The van der Waals surface area contributed by atoms with Crippen molar-refractivity contribution in [3.8, 4) is 23.4 Å². The van der Waals surface area contributed by atoms with Gasteiger partial charge >= 0.3 is 18.9 Å². The summed E-state index contributed by atoms with van der Waals surface area (Å²) >= 11 is 0. The number of carbonyl (C=O) groups excluding carboxylic acids is 1. The molecule has 0 bridgehead atoms. The maximum atomic E-state index is 9.98. The fraction of sp³-hybridized carbons (Fsp3) is 0.438. The molecular weight excluding hydrogens is 479 g/mol. The normalized spacial score (nSPS) is 10.5. The Morgan fingerprint density at radius 2 is 1.30 bits per heavy atom. The summed E-state index contributed by atoms with van der Waals surface area (Å²) in [6, 6.07) is 20.2. The van der Waals surface area contributed by atoms with Crippen molar-refractivity contribution >= 4 is 22.4 Å². The van der Waals surface area contributed by atoms with E-state index in [1.165, 1.54) is 17.5 Å². The largest absolute Gasteiger partial charge is 1.00 e. The van der Waals surface area contributed by atoms with E-state index >= 15 is 0 Å². The van der Waals surface area contributed by atoms with Gasteiger partial charge in [0, 0.05) is 6.42 Å². The zero-order valence-electron chi connectivity index (χ0n) is 24.8. The number of carbonyl (C=O) groups is 1. The molecule has 0 fully saturated rings. The summed E-state index contributed by atoms with van der Waals surface area (Å²) in [6.07, 6.45) is 11.0. The standard InChI is InChI=1S/C14H20OSi.C9H10O.C5H10Si.C4H9.Li/c1-16(2,3)12-11-14(15)10-9-13-7-5-4-6-8-13;10-8-4-7-9-5-2-1-3-6-9;1-5-6(2,3)4;1-3-4-2;/h4-8,14-15H,9-10H2,1-3H3;1-3,5-6,8H,4,7H2;1H,2-4H3;1,3-4H2,2H3;/q;;;-1;+1. The van der Waals surface area contributed by atoms with Crippen LogP contribution >= 0.6 is 0 Å². The second-order valence-electron chi connectivity index (χ2n) is 10.5. The summed E-state index contributed by atoms with van der Waals surface area (Å²) in [5.41, 5.74) is 8.43. The minimum Gasteiger partial charge on any atom is -0.380 e. The second kappa shape index (κ2) is 24.6. The van der Waals surface area contributed by atoms with Gasteiger partial charge in [0.05, 0.1) is 0 Å². The summed E-state index contributed by atoms with van der Waals surface area (Å²) < 4.78 is 0. The van der Waals surface area contributed by atoms with E-state index in [4.69, 9.17) is 6.42 Å². The topological polar surface area (TPSA) is 37.3 Å². The van der Waals surface area contributed by atoms with Crippen molar-refractivity contribution in [2.75, 3.05) is 0 Å². The first-order valence-electron chi connectivity index (χ1n) is 12.9. The average Bonchev–Trinajstić information content (AvgIpc) is 2.86. The number of hydrogen-bond donors (Lipinski definition) is 1. The van der Waals surface area contributed by atoms with E-state index in [0.717, 1.165) is 32.0 Å². The second-order valence-corrected chi connectivity index (χ2v) is 20.0. The Bertz CT molecular complexity index is 882. The van der Waals surface area contributed by atoms with Crippen LogP contribution < -0.4 is 18.9 Å². The van der Waals surface area contributed by atoms with Gasteiger partial charge in [-0.25, -0.2) is 0 Å². The van der Waals surface area contributed by atoms with Gasteiger partial charge in [-0.1, -0.05) is 119 Å². The molecule has 0 radical (unpaired) electrons. The van der Waals surface area contributed by atoms with Gasteiger partial charge in [-0.2, -0.15) is 6.42 Å². The Labute approximate surface area is 243 Å². The van der Waals surface area contributed by atoms with E-state index < -0.39 is 22.3 Å². The summed E-state index contributed by atoms with van der Waals surface area (Å²) in [6.45, 7) is 18.7. The first-order chi connectivity index (χ1) is 16.9. The van der Waals surface area contributed by atoms with Crippen molar-refractivity contribution in [3.05, 3.63) is 78.7 Å². The quantitative estimate of drug-likeness (QED) is 0.243. The van der Waals surface area contributed by atoms with Crippen LogP contribution in [0.2, 0.25) is 39.3 Å². The van der Waals surface area contributed by atoms with Crippen LogP contribution in [0.1, 0.15) is 43.7 Å². The van der Waals surface area contributed by atoms with Gasteiger partial charge in [0.1, 0.15) is 28.5 Å². The molecule has 0 aliphatic rings. The Balaban J connectivity index is -0.000000471. The number of benzene rings is 2. The van der Waals surface area contributed by atoms with Crippen LogP contribution in [0.15, 0.2) is 60.7 Å². The predicted molar refractivity (Wildman–Crippen MR) is 165 cm³/mol. The van der Waals surface area contributed by atoms with Gasteiger partial charge in [-0.15, -0.1) is 17.5 Å². The molecule has 0 aliphatic heterocycles. The van der Waals surface area contributed by atoms with E-state index in [1.54, 1.807) is 0 Å². The van der Waals surface area contributed by atoms with E-state index in [1.807, 2.05) is 48.5 Å². The third kappa shape index (κ3) is 32.2. The first kappa shape index (κ1) is 39.7. The number of terminal acetylenes is 1. The molecule has 2 aromatic carbocycles. The van der Waals surface area contributed by atoms with Crippen molar-refractivity contribution in [3.63, 3.8) is 0 Å². The Morgan fingerprint density at radius 1 is 0.892 bits per heavy atom. The molecule has 5 heteroatoms. The summed E-state index contributed by atoms with van der Waals surface area (Å²) in [5.74, 6) is 2.96. The van der Waals surface area contributed by atoms with E-state index in [-0.39, 0.29) is 18.9 Å². The molecule has 0 amide bonds. The van der Waals surface area contributed by atoms with Crippen molar-refractivity contribution in [2.45, 2.75) is 90.8 Å². The van der Waals surface area contributed by atoms with Gasteiger partial charge in [0.25, 0.3) is 0 Å². The fourth-order valence-electron chi connectivity index (χ4n) is 2.19. The Morgan fingerprint density at radius 3 is 1.62 bits per heavy atom. The van der Waals surface area contributed by atoms with Gasteiger partial charge in [-0.3, -0.25) is 0 Å². The minimum atomic E-state index is -1.35. The molecule has 0 aliphatic carbocycles. The van der Waals surface area contributed by atoms with Crippen molar-refractivity contribution in [2.24, 2.45) is 0 Å². The molecule has 0 aromatic heterocycles. The van der Waals surface area contributed by atoms with Gasteiger partial charge in [0.2, 0.25) is 0 Å². The third-order valence-corrected chi connectivity index (χ3v) is 6.10. The predicted octanol–water partition coefficient (Wildman–Crippen LogP) is 4.80. The zero-order valence-corrected chi connectivity index (χ0v) is 26.8. The Hall–Kier alpha value is -1.78. The van der Waals surface area contributed by atoms with E-state index in [0.29, 0.717) is 6.42 Å². The van der Waals surface area contributed by atoms with Crippen LogP contribution in [0.5, 0.6) is 0 Å². The number of aliphatic hydroxyl groups excluding tert-OH is 1. The number of rotatable bonds is 7. The fourth-order valence-corrected chi connectivity index (χ4v) is 2.79. The molecule has 37 heavy (non-hydrogen) atoms. The number of aldehydes is 1. The molecule has 2 aromatic rings. The van der Waals surface area contributed by atoms with Crippen molar-refractivity contribution in [1.29, 1.82) is 0 Å². The average molecular weight is 529 g/mol. The van der Waals surface area contributed by atoms with Crippen LogP contribution in [0.4, 0.5) is 0 Å². The van der Waals surface area contributed by atoms with E-state index in [2.05, 4.69) is 82.3 Å². The van der Waals surface area contributed by atoms with Crippen LogP contribution in [0, 0.1) is 30.4 Å². The maximum Gasteiger partial charge on any atom is 1.00 e. The molecule has 0 spiro atoms. The molecule has 0 saturated heterocycles. The molecule has 2 rings (SSSR count). The first-order valence-corrected chi connectivity index (χ1v) is 19.9. The van der Waals surface area contributed by atoms with E-state index in [9.17, 15) is 9.90 Å². The number of unbranched alkanes of at least 4 members (excludes halogenated alkanes) is 1. The van der Waals surface area contributed by atoms with Crippen molar-refractivity contribution in [1.82, 2.24) is 0 Å². The molecule has 1 N–H and O–H groups in total. The number of aryl methyl sites for hydroxylation is 2. The smallest absolute Gasteiger partial charge is 0.380 e. The van der Waals surface area contributed by atoms with Gasteiger partial charge in [0.15, 0.2) is 0 Å². The summed E-state index contributed by atoms with van der Waals surface area (Å²) in [5, 5.41) is 9.72. The van der Waals surface area contributed by atoms with Crippen LogP contribution in [-0.4, -0.2) is 33.6 Å². The molecule has 1 unspecified atom stereocenters. The molecule has 2 nitrogen and oxygen atoms in total. The maximum absolute atomic E-state index is 9.98. The van der Waals surface area contributed by atoms with Gasteiger partial charge in [-0.05, 0) is 30.4 Å². The molecule has 1 atom stereocenters. The minimum absolute atomic E-state index is 0. The summed E-state index contributed by atoms with van der Waals surface area (Å²) in [7, 11) is -2.45. The summed E-state index contributed by atoms with van der Waals surface area (Å²) in [4.78, 5) is 9.98. The monoisotopic (exact) mass is 528 g/mol. The SMILES string of the molecule is C#C[Si](C)(C)C.C[Si](C)(C)C#CC(O)CCc1ccccc1.O=CCCc1ccccc1.[CH2-]CCC.[Li+]. The van der Waals surface area contributed by atoms with Crippen LogP contribution in [-0.2, 0) is 17.6 Å². The third-order valence-electron chi connectivity index (χ3n) is 4.34. The molecule has 0 saturated carbocycles. The molecular formula is C32H49LiO2Si2. The van der Waals surface area contributed by atoms with Crippen LogP contribution in [0.3, 0.4) is 0 Å². The zero-order chi connectivity index (χ0) is 27.9. The van der Waals surface area contributed by atoms with Crippen LogP contribution in [0.25, 0.3) is 0 Å². The molecule has 198 valence electrons. The number of aliphatic hydroxyl groups is 1. The van der Waals surface area contributed by atoms with Crippen molar-refractivity contribution < 1.29 is 28.8 Å². The Kier molecular flexibility index (Phi) is 26.4. The van der Waals surface area contributed by atoms with Gasteiger partial charge < -0.3 is 16.8 Å².